The first-order valence-electron chi connectivity index (χ1n) is 6.89. The van der Waals surface area contributed by atoms with E-state index in [9.17, 15) is 5.11 Å². The van der Waals surface area contributed by atoms with Crippen LogP contribution in [0.25, 0.3) is 0 Å². The molecule has 0 amide bonds. The lowest BCUT2D eigenvalue weighted by atomic mass is 10.1. The van der Waals surface area contributed by atoms with Gasteiger partial charge in [0.05, 0.1) is 12.7 Å². The molecule has 0 bridgehead atoms. The van der Waals surface area contributed by atoms with Gasteiger partial charge in [0.25, 0.3) is 0 Å². The quantitative estimate of drug-likeness (QED) is 0.940. The fourth-order valence-corrected chi connectivity index (χ4v) is 3.50. The highest BCUT2D eigenvalue weighted by Gasteiger charge is 2.22. The number of phenols is 1. The molecule has 0 aliphatic carbocycles. The zero-order valence-corrected chi connectivity index (χ0v) is 12.4. The molecule has 1 saturated heterocycles. The maximum absolute atomic E-state index is 9.58. The van der Waals surface area contributed by atoms with Crippen molar-refractivity contribution in [3.8, 4) is 5.75 Å². The molecular formula is C16H19NO2S. The number of nitrogens with zero attached hydrogens (tertiary/aromatic N) is 1. The van der Waals surface area contributed by atoms with Crippen molar-refractivity contribution in [1.82, 2.24) is 4.90 Å². The van der Waals surface area contributed by atoms with E-state index in [1.807, 2.05) is 23.5 Å². The molecule has 0 spiro atoms. The average Bonchev–Trinajstić information content (AvgIpc) is 2.84. The first-order valence-corrected chi connectivity index (χ1v) is 7.70. The molecule has 1 atom stereocenters. The SMILES string of the molecule is Cc1ccc(CN2CCOC(c3cccc(O)c3)C2)s1. The van der Waals surface area contributed by atoms with Crippen molar-refractivity contribution in [1.29, 1.82) is 0 Å². The van der Waals surface area contributed by atoms with Crippen molar-refractivity contribution in [3.63, 3.8) is 0 Å². The van der Waals surface area contributed by atoms with Crippen molar-refractivity contribution in [2.75, 3.05) is 19.7 Å². The van der Waals surface area contributed by atoms with E-state index in [1.165, 1.54) is 9.75 Å². The fraction of sp³-hybridized carbons (Fsp3) is 0.375. The smallest absolute Gasteiger partial charge is 0.115 e. The first kappa shape index (κ1) is 13.6. The average molecular weight is 289 g/mol. The summed E-state index contributed by atoms with van der Waals surface area (Å²) in [5, 5.41) is 9.58. The molecule has 1 fully saturated rings. The van der Waals surface area contributed by atoms with Gasteiger partial charge in [0.1, 0.15) is 5.75 Å². The van der Waals surface area contributed by atoms with Crippen LogP contribution < -0.4 is 0 Å². The van der Waals surface area contributed by atoms with Crippen molar-refractivity contribution < 1.29 is 9.84 Å². The van der Waals surface area contributed by atoms with E-state index < -0.39 is 0 Å². The Morgan fingerprint density at radius 3 is 3.00 bits per heavy atom. The highest BCUT2D eigenvalue weighted by atomic mass is 32.1. The summed E-state index contributed by atoms with van der Waals surface area (Å²) in [5.41, 5.74) is 1.05. The van der Waals surface area contributed by atoms with Crippen LogP contribution in [0.1, 0.15) is 21.4 Å². The topological polar surface area (TPSA) is 32.7 Å². The minimum Gasteiger partial charge on any atom is -0.508 e. The van der Waals surface area contributed by atoms with Crippen molar-refractivity contribution in [2.24, 2.45) is 0 Å². The third-order valence-corrected chi connectivity index (χ3v) is 4.55. The summed E-state index contributed by atoms with van der Waals surface area (Å²) in [7, 11) is 0. The number of aromatic hydroxyl groups is 1. The normalized spacial score (nSPS) is 20.1. The molecule has 106 valence electrons. The van der Waals surface area contributed by atoms with Gasteiger partial charge in [-0.05, 0) is 36.8 Å². The second kappa shape index (κ2) is 5.95. The lowest BCUT2D eigenvalue weighted by molar-refractivity contribution is -0.0327. The molecule has 0 radical (unpaired) electrons. The number of phenolic OH excluding ortho intramolecular Hbond substituents is 1. The van der Waals surface area contributed by atoms with E-state index in [2.05, 4.69) is 24.0 Å². The molecule has 3 nitrogen and oxygen atoms in total. The molecule has 1 aromatic carbocycles. The summed E-state index contributed by atoms with van der Waals surface area (Å²) in [4.78, 5) is 5.18. The second-order valence-electron chi connectivity index (χ2n) is 5.20. The highest BCUT2D eigenvalue weighted by molar-refractivity contribution is 7.11. The number of hydrogen-bond acceptors (Lipinski definition) is 4. The van der Waals surface area contributed by atoms with Crippen LogP contribution in [0.2, 0.25) is 0 Å². The van der Waals surface area contributed by atoms with Crippen LogP contribution in [0.15, 0.2) is 36.4 Å². The lowest BCUT2D eigenvalue weighted by Gasteiger charge is -2.32. The molecule has 1 aliphatic rings. The van der Waals surface area contributed by atoms with E-state index in [0.29, 0.717) is 5.75 Å². The number of rotatable bonds is 3. The molecule has 2 aromatic rings. The van der Waals surface area contributed by atoms with Gasteiger partial charge in [-0.3, -0.25) is 4.90 Å². The van der Waals surface area contributed by atoms with Gasteiger partial charge in [-0.25, -0.2) is 0 Å². The van der Waals surface area contributed by atoms with Gasteiger partial charge < -0.3 is 9.84 Å². The molecule has 1 aromatic heterocycles. The Morgan fingerprint density at radius 2 is 2.25 bits per heavy atom. The minimum absolute atomic E-state index is 0.0527. The zero-order valence-electron chi connectivity index (χ0n) is 11.6. The van der Waals surface area contributed by atoms with E-state index in [-0.39, 0.29) is 6.10 Å². The summed E-state index contributed by atoms with van der Waals surface area (Å²) >= 11 is 1.86. The van der Waals surface area contributed by atoms with Gasteiger partial charge in [-0.2, -0.15) is 0 Å². The summed E-state index contributed by atoms with van der Waals surface area (Å²) < 4.78 is 5.84. The Balaban J connectivity index is 1.67. The molecule has 2 heterocycles. The molecular weight excluding hydrogens is 270 g/mol. The van der Waals surface area contributed by atoms with Crippen LogP contribution in [0.4, 0.5) is 0 Å². The molecule has 20 heavy (non-hydrogen) atoms. The molecule has 1 aliphatic heterocycles. The number of ether oxygens (including phenoxy) is 1. The van der Waals surface area contributed by atoms with Crippen LogP contribution in [0.5, 0.6) is 5.75 Å². The van der Waals surface area contributed by atoms with Gasteiger partial charge >= 0.3 is 0 Å². The molecule has 1 unspecified atom stereocenters. The number of hydrogen-bond donors (Lipinski definition) is 1. The number of morpholine rings is 1. The Hall–Kier alpha value is -1.36. The van der Waals surface area contributed by atoms with Crippen molar-refractivity contribution >= 4 is 11.3 Å². The largest absolute Gasteiger partial charge is 0.508 e. The van der Waals surface area contributed by atoms with Crippen LogP contribution in [-0.4, -0.2) is 29.7 Å². The van der Waals surface area contributed by atoms with Crippen molar-refractivity contribution in [2.45, 2.75) is 19.6 Å². The van der Waals surface area contributed by atoms with E-state index in [4.69, 9.17) is 4.74 Å². The van der Waals surface area contributed by atoms with Crippen molar-refractivity contribution in [3.05, 3.63) is 51.7 Å². The van der Waals surface area contributed by atoms with Gasteiger partial charge in [0, 0.05) is 29.4 Å². The molecule has 0 saturated carbocycles. The summed E-state index contributed by atoms with van der Waals surface area (Å²) in [6.45, 7) is 5.71. The molecule has 3 rings (SSSR count). The number of thiophene rings is 1. The zero-order chi connectivity index (χ0) is 13.9. The maximum atomic E-state index is 9.58. The van der Waals surface area contributed by atoms with Gasteiger partial charge in [0.2, 0.25) is 0 Å². The minimum atomic E-state index is 0.0527. The Bertz CT molecular complexity index is 581. The summed E-state index contributed by atoms with van der Waals surface area (Å²) in [6.07, 6.45) is 0.0527. The molecule has 4 heteroatoms. The van der Waals surface area contributed by atoms with Crippen LogP contribution in [0, 0.1) is 6.92 Å². The fourth-order valence-electron chi connectivity index (χ4n) is 2.56. The summed E-state index contributed by atoms with van der Waals surface area (Å²) in [5.74, 6) is 0.303. The van der Waals surface area contributed by atoms with E-state index >= 15 is 0 Å². The van der Waals surface area contributed by atoms with E-state index in [1.54, 1.807) is 12.1 Å². The van der Waals surface area contributed by atoms with Crippen LogP contribution in [-0.2, 0) is 11.3 Å². The highest BCUT2D eigenvalue weighted by Crippen LogP contribution is 2.26. The van der Waals surface area contributed by atoms with Crippen LogP contribution >= 0.6 is 11.3 Å². The Morgan fingerprint density at radius 1 is 1.35 bits per heavy atom. The first-order chi connectivity index (χ1) is 9.70. The third kappa shape index (κ3) is 3.20. The standard InChI is InChI=1S/C16H19NO2S/c1-12-5-6-15(20-12)10-17-7-8-19-16(11-17)13-3-2-4-14(18)9-13/h2-6,9,16,18H,7-8,10-11H2,1H3. The predicted octanol–water partition coefficient (Wildman–Crippen LogP) is 3.34. The van der Waals surface area contributed by atoms with Crippen LogP contribution in [0.3, 0.4) is 0 Å². The Labute approximate surface area is 123 Å². The monoisotopic (exact) mass is 289 g/mol. The van der Waals surface area contributed by atoms with Gasteiger partial charge in [-0.15, -0.1) is 11.3 Å². The predicted molar refractivity (Wildman–Crippen MR) is 81.1 cm³/mol. The summed E-state index contributed by atoms with van der Waals surface area (Å²) in [6, 6.07) is 11.8. The second-order valence-corrected chi connectivity index (χ2v) is 6.57. The van der Waals surface area contributed by atoms with E-state index in [0.717, 1.165) is 31.8 Å². The number of benzene rings is 1. The van der Waals surface area contributed by atoms with Gasteiger partial charge in [0.15, 0.2) is 0 Å². The third-order valence-electron chi connectivity index (χ3n) is 3.57. The molecule has 1 N–H and O–H groups in total. The maximum Gasteiger partial charge on any atom is 0.115 e. The Kier molecular flexibility index (Phi) is 4.05. The number of aryl methyl sites for hydroxylation is 1. The van der Waals surface area contributed by atoms with Gasteiger partial charge in [-0.1, -0.05) is 12.1 Å². The lowest BCUT2D eigenvalue weighted by Crippen LogP contribution is -2.37.